The van der Waals surface area contributed by atoms with Gasteiger partial charge in [0.25, 0.3) is 0 Å². The summed E-state index contributed by atoms with van der Waals surface area (Å²) in [5, 5.41) is 3.14. The molecule has 0 amide bonds. The topological polar surface area (TPSA) is 25.8 Å². The summed E-state index contributed by atoms with van der Waals surface area (Å²) in [5.41, 5.74) is 1.15. The van der Waals surface area contributed by atoms with E-state index in [9.17, 15) is 0 Å². The number of halogens is 1. The lowest BCUT2D eigenvalue weighted by molar-refractivity contribution is -0.686. The van der Waals surface area contributed by atoms with Gasteiger partial charge in [-0.25, -0.2) is 0 Å². The van der Waals surface area contributed by atoms with Gasteiger partial charge in [-0.15, -0.1) is 0 Å². The van der Waals surface area contributed by atoms with Crippen molar-refractivity contribution in [3.05, 3.63) is 28.8 Å². The molecule has 0 heterocycles. The smallest absolute Gasteiger partial charge is 0.137 e. The third kappa shape index (κ3) is 4.97. The van der Waals surface area contributed by atoms with E-state index >= 15 is 0 Å². The van der Waals surface area contributed by atoms with Gasteiger partial charge in [-0.05, 0) is 43.5 Å². The molecule has 2 nitrogen and oxygen atoms in total. The van der Waals surface area contributed by atoms with Crippen LogP contribution in [0.2, 0.25) is 5.02 Å². The minimum atomic E-state index is 0.676. The van der Waals surface area contributed by atoms with E-state index in [1.807, 2.05) is 18.2 Å². The molecule has 0 aromatic heterocycles. The average Bonchev–Trinajstić information content (AvgIpc) is 2.36. The normalized spacial score (nSPS) is 12.5. The molecule has 2 N–H and O–H groups in total. The summed E-state index contributed by atoms with van der Waals surface area (Å²) < 4.78 is 5.71. The van der Waals surface area contributed by atoms with E-state index in [4.69, 9.17) is 16.3 Å². The molecule has 3 heteroatoms. The molecular formula is C14H23ClNO+. The Morgan fingerprint density at radius 1 is 1.35 bits per heavy atom. The summed E-state index contributed by atoms with van der Waals surface area (Å²) in [6.07, 6.45) is 2.13. The number of quaternary nitrogens is 1. The summed E-state index contributed by atoms with van der Waals surface area (Å²) in [5.74, 6) is 0.920. The van der Waals surface area contributed by atoms with Crippen molar-refractivity contribution < 1.29 is 10.1 Å². The Hall–Kier alpha value is -0.730. The molecule has 96 valence electrons. The third-order valence-corrected chi connectivity index (χ3v) is 3.37. The van der Waals surface area contributed by atoms with Crippen molar-refractivity contribution in [3.63, 3.8) is 0 Å². The summed E-state index contributed by atoms with van der Waals surface area (Å²) in [6, 6.07) is 6.56. The highest BCUT2D eigenvalue weighted by Crippen LogP contribution is 2.22. The second-order valence-corrected chi connectivity index (χ2v) is 4.77. The molecule has 1 atom stereocenters. The molecule has 0 spiro atoms. The van der Waals surface area contributed by atoms with E-state index in [-0.39, 0.29) is 0 Å². The predicted octanol–water partition coefficient (Wildman–Crippen LogP) is 2.64. The van der Waals surface area contributed by atoms with E-state index in [1.54, 1.807) is 0 Å². The quantitative estimate of drug-likeness (QED) is 0.746. The van der Waals surface area contributed by atoms with Crippen molar-refractivity contribution >= 4 is 11.6 Å². The molecule has 0 saturated carbocycles. The zero-order valence-electron chi connectivity index (χ0n) is 11.0. The standard InChI is InChI=1S/C14H22ClNO/c1-4-11(3)16-8-9-17-13-6-7-14(15)12(5-2)10-13/h6-7,10-11,16H,4-5,8-9H2,1-3H3/p+1/t11-/m0/s1. The molecule has 0 aliphatic heterocycles. The van der Waals surface area contributed by atoms with Gasteiger partial charge in [0.15, 0.2) is 0 Å². The van der Waals surface area contributed by atoms with Crippen LogP contribution in [0.3, 0.4) is 0 Å². The van der Waals surface area contributed by atoms with Gasteiger partial charge in [0.2, 0.25) is 0 Å². The summed E-state index contributed by atoms with van der Waals surface area (Å²) in [7, 11) is 0. The largest absolute Gasteiger partial charge is 0.488 e. The highest BCUT2D eigenvalue weighted by atomic mass is 35.5. The zero-order chi connectivity index (χ0) is 12.7. The van der Waals surface area contributed by atoms with Crippen LogP contribution in [0.5, 0.6) is 5.75 Å². The Morgan fingerprint density at radius 2 is 2.12 bits per heavy atom. The highest BCUT2D eigenvalue weighted by Gasteiger charge is 2.03. The molecule has 0 aliphatic rings. The Labute approximate surface area is 109 Å². The molecule has 1 rings (SSSR count). The van der Waals surface area contributed by atoms with Crippen LogP contribution in [0, 0.1) is 0 Å². The maximum atomic E-state index is 6.06. The van der Waals surface area contributed by atoms with E-state index in [0.717, 1.165) is 35.9 Å². The lowest BCUT2D eigenvalue weighted by Crippen LogP contribution is -2.90. The van der Waals surface area contributed by atoms with Crippen molar-refractivity contribution in [3.8, 4) is 5.75 Å². The van der Waals surface area contributed by atoms with Crippen LogP contribution < -0.4 is 10.1 Å². The summed E-state index contributed by atoms with van der Waals surface area (Å²) in [4.78, 5) is 0. The van der Waals surface area contributed by atoms with Crippen LogP contribution in [0.25, 0.3) is 0 Å². The Balaban J connectivity index is 2.36. The van der Waals surface area contributed by atoms with Crippen LogP contribution in [-0.2, 0) is 6.42 Å². The molecule has 1 aromatic rings. The number of rotatable bonds is 7. The van der Waals surface area contributed by atoms with E-state index in [1.165, 1.54) is 6.42 Å². The first-order chi connectivity index (χ1) is 8.17. The van der Waals surface area contributed by atoms with Gasteiger partial charge in [-0.2, -0.15) is 0 Å². The Bertz CT molecular complexity index is 341. The Kier molecular flexibility index (Phi) is 6.38. The molecule has 0 aliphatic carbocycles. The number of ether oxygens (including phenoxy) is 1. The maximum Gasteiger partial charge on any atom is 0.137 e. The maximum absolute atomic E-state index is 6.06. The fraction of sp³-hybridized carbons (Fsp3) is 0.571. The first-order valence-corrected chi connectivity index (χ1v) is 6.79. The molecular weight excluding hydrogens is 234 g/mol. The van der Waals surface area contributed by atoms with Crippen LogP contribution >= 0.6 is 11.6 Å². The van der Waals surface area contributed by atoms with Crippen molar-refractivity contribution in [1.29, 1.82) is 0 Å². The molecule has 0 bridgehead atoms. The fourth-order valence-electron chi connectivity index (χ4n) is 1.61. The van der Waals surface area contributed by atoms with E-state index < -0.39 is 0 Å². The number of hydrogen-bond donors (Lipinski definition) is 1. The number of hydrogen-bond acceptors (Lipinski definition) is 1. The molecule has 0 radical (unpaired) electrons. The molecule has 17 heavy (non-hydrogen) atoms. The van der Waals surface area contributed by atoms with Crippen LogP contribution in [0.4, 0.5) is 0 Å². The highest BCUT2D eigenvalue weighted by molar-refractivity contribution is 6.31. The first-order valence-electron chi connectivity index (χ1n) is 6.41. The lowest BCUT2D eigenvalue weighted by atomic mass is 10.1. The van der Waals surface area contributed by atoms with Crippen LogP contribution in [-0.4, -0.2) is 19.2 Å². The monoisotopic (exact) mass is 256 g/mol. The minimum Gasteiger partial charge on any atom is -0.488 e. The van der Waals surface area contributed by atoms with Gasteiger partial charge >= 0.3 is 0 Å². The van der Waals surface area contributed by atoms with Crippen molar-refractivity contribution in [2.45, 2.75) is 39.7 Å². The molecule has 0 unspecified atom stereocenters. The number of aryl methyl sites for hydroxylation is 1. The van der Waals surface area contributed by atoms with Crippen LogP contribution in [0.1, 0.15) is 32.8 Å². The first kappa shape index (κ1) is 14.3. The summed E-state index contributed by atoms with van der Waals surface area (Å²) >= 11 is 6.06. The average molecular weight is 257 g/mol. The van der Waals surface area contributed by atoms with Gasteiger partial charge in [-0.3, -0.25) is 0 Å². The SMILES string of the molecule is CCc1cc(OCC[NH2+][C@@H](C)CC)ccc1Cl. The second-order valence-electron chi connectivity index (χ2n) is 4.37. The lowest BCUT2D eigenvalue weighted by Gasteiger charge is -2.10. The number of nitrogens with two attached hydrogens (primary N) is 1. The molecule has 1 aromatic carbocycles. The van der Waals surface area contributed by atoms with Gasteiger partial charge in [0.1, 0.15) is 18.9 Å². The number of benzene rings is 1. The second kappa shape index (κ2) is 7.57. The van der Waals surface area contributed by atoms with Gasteiger partial charge in [0, 0.05) is 5.02 Å². The minimum absolute atomic E-state index is 0.676. The third-order valence-electron chi connectivity index (χ3n) is 3.00. The molecule has 0 fully saturated rings. The van der Waals surface area contributed by atoms with E-state index in [2.05, 4.69) is 26.1 Å². The van der Waals surface area contributed by atoms with Gasteiger partial charge in [-0.1, -0.05) is 25.4 Å². The van der Waals surface area contributed by atoms with Gasteiger partial charge < -0.3 is 10.1 Å². The van der Waals surface area contributed by atoms with Crippen molar-refractivity contribution in [2.24, 2.45) is 0 Å². The van der Waals surface area contributed by atoms with Crippen molar-refractivity contribution in [1.82, 2.24) is 0 Å². The van der Waals surface area contributed by atoms with E-state index in [0.29, 0.717) is 6.04 Å². The predicted molar refractivity (Wildman–Crippen MR) is 72.9 cm³/mol. The fourth-order valence-corrected chi connectivity index (χ4v) is 1.86. The van der Waals surface area contributed by atoms with Crippen LogP contribution in [0.15, 0.2) is 18.2 Å². The summed E-state index contributed by atoms with van der Waals surface area (Å²) in [6.45, 7) is 8.28. The van der Waals surface area contributed by atoms with Crippen molar-refractivity contribution in [2.75, 3.05) is 13.2 Å². The Morgan fingerprint density at radius 3 is 2.76 bits per heavy atom. The van der Waals surface area contributed by atoms with Gasteiger partial charge in [0.05, 0.1) is 6.04 Å². The zero-order valence-corrected chi connectivity index (χ0v) is 11.8. The molecule has 0 saturated heterocycles.